The van der Waals surface area contributed by atoms with Gasteiger partial charge in [0, 0.05) is 29.8 Å². The lowest BCUT2D eigenvalue weighted by atomic mass is 9.96. The van der Waals surface area contributed by atoms with Crippen molar-refractivity contribution in [2.75, 3.05) is 18.5 Å². The zero-order valence-corrected chi connectivity index (χ0v) is 13.3. The van der Waals surface area contributed by atoms with Gasteiger partial charge in [-0.2, -0.15) is 5.10 Å². The smallest absolute Gasteiger partial charge is 0.228 e. The maximum Gasteiger partial charge on any atom is 0.228 e. The monoisotopic (exact) mass is 311 g/mol. The van der Waals surface area contributed by atoms with Crippen LogP contribution in [0.5, 0.6) is 0 Å². The summed E-state index contributed by atoms with van der Waals surface area (Å²) in [6, 6.07) is 7.79. The number of aryl methyl sites for hydroxylation is 1. The molecule has 1 spiro atoms. The van der Waals surface area contributed by atoms with Gasteiger partial charge < -0.3 is 10.1 Å². The van der Waals surface area contributed by atoms with E-state index in [-0.39, 0.29) is 17.2 Å². The Labute approximate surface area is 135 Å². The van der Waals surface area contributed by atoms with Gasteiger partial charge in [0.1, 0.15) is 0 Å². The molecule has 1 saturated carbocycles. The van der Waals surface area contributed by atoms with Gasteiger partial charge in [0.05, 0.1) is 18.5 Å². The number of carbonyl (C=O) groups excluding carboxylic acids is 1. The minimum Gasteiger partial charge on any atom is -0.381 e. The van der Waals surface area contributed by atoms with Crippen molar-refractivity contribution in [3.05, 3.63) is 42.2 Å². The van der Waals surface area contributed by atoms with Crippen LogP contribution in [-0.2, 0) is 9.53 Å². The Bertz CT molecular complexity index is 714. The van der Waals surface area contributed by atoms with Gasteiger partial charge in [-0.1, -0.05) is 0 Å². The van der Waals surface area contributed by atoms with Gasteiger partial charge in [0.15, 0.2) is 0 Å². The van der Waals surface area contributed by atoms with Crippen LogP contribution in [0.4, 0.5) is 5.69 Å². The van der Waals surface area contributed by atoms with E-state index in [1.165, 1.54) is 0 Å². The topological polar surface area (TPSA) is 56.2 Å². The molecule has 2 aromatic rings. The number of amides is 1. The van der Waals surface area contributed by atoms with E-state index in [2.05, 4.69) is 10.4 Å². The van der Waals surface area contributed by atoms with E-state index in [1.807, 2.05) is 48.3 Å². The molecule has 1 aliphatic heterocycles. The molecule has 0 radical (unpaired) electrons. The van der Waals surface area contributed by atoms with Crippen molar-refractivity contribution in [2.24, 2.45) is 11.3 Å². The van der Waals surface area contributed by atoms with E-state index >= 15 is 0 Å². The molecule has 5 nitrogen and oxygen atoms in total. The highest BCUT2D eigenvalue weighted by Gasteiger charge is 2.58. The van der Waals surface area contributed by atoms with E-state index in [1.54, 1.807) is 0 Å². The standard InChI is InChI=1S/C18H21N3O2/c1-13-10-19-21(11-13)15-5-3-14(4-6-15)20-17(22)16-9-18(16)7-2-8-23-12-18/h3-6,10-11,16H,2,7-9,12H2,1H3,(H,20,22). The van der Waals surface area contributed by atoms with Crippen LogP contribution >= 0.6 is 0 Å². The van der Waals surface area contributed by atoms with E-state index in [0.29, 0.717) is 0 Å². The number of ether oxygens (including phenoxy) is 1. The van der Waals surface area contributed by atoms with Crippen LogP contribution < -0.4 is 5.32 Å². The highest BCUT2D eigenvalue weighted by atomic mass is 16.5. The lowest BCUT2D eigenvalue weighted by Crippen LogP contribution is -2.25. The van der Waals surface area contributed by atoms with Crippen LogP contribution in [0.2, 0.25) is 0 Å². The third-order valence-corrected chi connectivity index (χ3v) is 4.97. The average molecular weight is 311 g/mol. The minimum atomic E-state index is 0.108. The molecule has 1 aliphatic carbocycles. The molecule has 1 amide bonds. The number of aromatic nitrogens is 2. The molecular formula is C18H21N3O2. The van der Waals surface area contributed by atoms with Gasteiger partial charge in [-0.3, -0.25) is 4.79 Å². The summed E-state index contributed by atoms with van der Waals surface area (Å²) in [6.07, 6.45) is 6.95. The predicted molar refractivity (Wildman–Crippen MR) is 87.5 cm³/mol. The van der Waals surface area contributed by atoms with Crippen LogP contribution in [0.3, 0.4) is 0 Å². The molecule has 4 rings (SSSR count). The van der Waals surface area contributed by atoms with E-state index in [9.17, 15) is 4.79 Å². The average Bonchev–Trinajstić information content (AvgIpc) is 3.07. The SMILES string of the molecule is Cc1cnn(-c2ccc(NC(=O)C3CC34CCCOC4)cc2)c1. The first-order chi connectivity index (χ1) is 11.2. The molecule has 2 aliphatic rings. The summed E-state index contributed by atoms with van der Waals surface area (Å²) in [7, 11) is 0. The highest BCUT2D eigenvalue weighted by Crippen LogP contribution is 2.57. The second-order valence-electron chi connectivity index (χ2n) is 6.77. The highest BCUT2D eigenvalue weighted by molar-refractivity contribution is 5.95. The van der Waals surface area contributed by atoms with Crippen LogP contribution in [0, 0.1) is 18.3 Å². The molecule has 2 unspecified atom stereocenters. The van der Waals surface area contributed by atoms with Crippen LogP contribution in [-0.4, -0.2) is 28.9 Å². The number of nitrogens with zero attached hydrogens (tertiary/aromatic N) is 2. The number of anilines is 1. The third kappa shape index (κ3) is 2.77. The second kappa shape index (κ2) is 5.49. The molecule has 0 bridgehead atoms. The number of hydrogen-bond acceptors (Lipinski definition) is 3. The zero-order valence-electron chi connectivity index (χ0n) is 13.3. The van der Waals surface area contributed by atoms with Gasteiger partial charge in [-0.25, -0.2) is 4.68 Å². The molecule has 120 valence electrons. The van der Waals surface area contributed by atoms with Crippen LogP contribution in [0.25, 0.3) is 5.69 Å². The Morgan fingerprint density at radius 2 is 2.22 bits per heavy atom. The van der Waals surface area contributed by atoms with E-state index in [0.717, 1.165) is 49.4 Å². The molecule has 2 atom stereocenters. The summed E-state index contributed by atoms with van der Waals surface area (Å²) in [4.78, 5) is 12.4. The molecule has 1 saturated heterocycles. The van der Waals surface area contributed by atoms with Crippen molar-refractivity contribution in [3.8, 4) is 5.69 Å². The predicted octanol–water partition coefficient (Wildman–Crippen LogP) is 2.94. The summed E-state index contributed by atoms with van der Waals surface area (Å²) in [5.41, 5.74) is 3.06. The molecular weight excluding hydrogens is 290 g/mol. The molecule has 1 N–H and O–H groups in total. The van der Waals surface area contributed by atoms with Crippen molar-refractivity contribution < 1.29 is 9.53 Å². The number of rotatable bonds is 3. The zero-order chi connectivity index (χ0) is 15.9. The first-order valence-corrected chi connectivity index (χ1v) is 8.17. The fraction of sp³-hybridized carbons (Fsp3) is 0.444. The molecule has 1 aromatic heterocycles. The summed E-state index contributed by atoms with van der Waals surface area (Å²) in [6.45, 7) is 3.59. The Morgan fingerprint density at radius 3 is 2.87 bits per heavy atom. The summed E-state index contributed by atoms with van der Waals surface area (Å²) in [5.74, 6) is 0.231. The number of hydrogen-bond donors (Lipinski definition) is 1. The fourth-order valence-corrected chi connectivity index (χ4v) is 3.51. The van der Waals surface area contributed by atoms with Crippen molar-refractivity contribution >= 4 is 11.6 Å². The Kier molecular flexibility index (Phi) is 3.45. The molecule has 23 heavy (non-hydrogen) atoms. The van der Waals surface area contributed by atoms with E-state index in [4.69, 9.17) is 4.74 Å². The van der Waals surface area contributed by atoms with Crippen molar-refractivity contribution in [1.29, 1.82) is 0 Å². The summed E-state index contributed by atoms with van der Waals surface area (Å²) < 4.78 is 7.38. The number of nitrogens with one attached hydrogen (secondary N) is 1. The van der Waals surface area contributed by atoms with Crippen molar-refractivity contribution in [3.63, 3.8) is 0 Å². The second-order valence-corrected chi connectivity index (χ2v) is 6.77. The van der Waals surface area contributed by atoms with E-state index < -0.39 is 0 Å². The van der Waals surface area contributed by atoms with Crippen molar-refractivity contribution in [2.45, 2.75) is 26.2 Å². The van der Waals surface area contributed by atoms with Gasteiger partial charge in [0.25, 0.3) is 0 Å². The largest absolute Gasteiger partial charge is 0.381 e. The quantitative estimate of drug-likeness (QED) is 0.948. The fourth-order valence-electron chi connectivity index (χ4n) is 3.51. The minimum absolute atomic E-state index is 0.108. The van der Waals surface area contributed by atoms with Crippen LogP contribution in [0.15, 0.2) is 36.7 Å². The van der Waals surface area contributed by atoms with Crippen molar-refractivity contribution in [1.82, 2.24) is 9.78 Å². The Hall–Kier alpha value is -2.14. The Balaban J connectivity index is 1.40. The number of carbonyl (C=O) groups is 1. The maximum atomic E-state index is 12.4. The third-order valence-electron chi connectivity index (χ3n) is 4.97. The maximum absolute atomic E-state index is 12.4. The number of benzene rings is 1. The van der Waals surface area contributed by atoms with Gasteiger partial charge in [-0.05, 0) is 56.0 Å². The van der Waals surface area contributed by atoms with Crippen LogP contribution in [0.1, 0.15) is 24.8 Å². The molecule has 5 heteroatoms. The first-order valence-electron chi connectivity index (χ1n) is 8.17. The summed E-state index contributed by atoms with van der Waals surface area (Å²) in [5, 5.41) is 7.32. The lowest BCUT2D eigenvalue weighted by Gasteiger charge is -2.22. The Morgan fingerprint density at radius 1 is 1.39 bits per heavy atom. The molecule has 2 fully saturated rings. The van der Waals surface area contributed by atoms with Gasteiger partial charge >= 0.3 is 0 Å². The van der Waals surface area contributed by atoms with Gasteiger partial charge in [-0.15, -0.1) is 0 Å². The lowest BCUT2D eigenvalue weighted by molar-refractivity contribution is -0.119. The first kappa shape index (κ1) is 14.5. The summed E-state index contributed by atoms with van der Waals surface area (Å²) >= 11 is 0. The molecule has 1 aromatic carbocycles. The molecule has 2 heterocycles. The normalized spacial score (nSPS) is 26.2. The van der Waals surface area contributed by atoms with Gasteiger partial charge in [0.2, 0.25) is 5.91 Å².